The van der Waals surface area contributed by atoms with E-state index in [1.165, 1.54) is 4.80 Å². The van der Waals surface area contributed by atoms with Gasteiger partial charge in [-0.15, -0.1) is 10.2 Å². The molecule has 0 aromatic carbocycles. The molecule has 0 radical (unpaired) electrons. The number of carbonyl (C=O) groups excluding carboxylic acids is 1. The topological polar surface area (TPSA) is 137 Å². The molecule has 0 bridgehead atoms. The fourth-order valence-corrected chi connectivity index (χ4v) is 2.75. The first-order valence-corrected chi connectivity index (χ1v) is 9.16. The lowest BCUT2D eigenvalue weighted by molar-refractivity contribution is -0.140. The monoisotopic (exact) mass is 409 g/mol. The molecule has 1 amide bonds. The van der Waals surface area contributed by atoms with Crippen LogP contribution in [0, 0.1) is 13.8 Å². The molecule has 0 spiro atoms. The highest BCUT2D eigenvalue weighted by Crippen LogP contribution is 2.19. The van der Waals surface area contributed by atoms with Crippen LogP contribution in [0.25, 0.3) is 0 Å². The number of carbonyl (C=O) groups is 2. The first-order valence-electron chi connectivity index (χ1n) is 9.16. The van der Waals surface area contributed by atoms with Crippen LogP contribution in [0.3, 0.4) is 0 Å². The van der Waals surface area contributed by atoms with E-state index in [1.54, 1.807) is 16.7 Å². The van der Waals surface area contributed by atoms with Crippen molar-refractivity contribution in [3.63, 3.8) is 0 Å². The lowest BCUT2D eigenvalue weighted by atomic mass is 10.2. The van der Waals surface area contributed by atoms with Gasteiger partial charge in [0.05, 0.1) is 32.0 Å². The van der Waals surface area contributed by atoms with Crippen LogP contribution in [0.4, 0.5) is 0 Å². The van der Waals surface area contributed by atoms with Gasteiger partial charge < -0.3 is 19.5 Å². The average molecular weight is 409 g/mol. The SMILES string of the molecule is CC(=O)O.COCCn1nnc(C2CN(C(=O)Cn3nc(C)cc3C)CCO2)n1. The van der Waals surface area contributed by atoms with Gasteiger partial charge in [0.1, 0.15) is 12.6 Å². The number of aryl methyl sites for hydroxylation is 2. The molecule has 0 aliphatic carbocycles. The van der Waals surface area contributed by atoms with Crippen LogP contribution in [-0.4, -0.2) is 85.3 Å². The van der Waals surface area contributed by atoms with Gasteiger partial charge in [0.25, 0.3) is 5.97 Å². The highest BCUT2D eigenvalue weighted by Gasteiger charge is 2.28. The summed E-state index contributed by atoms with van der Waals surface area (Å²) < 4.78 is 12.4. The van der Waals surface area contributed by atoms with Crippen molar-refractivity contribution in [1.82, 2.24) is 34.9 Å². The number of morpholine rings is 1. The lowest BCUT2D eigenvalue weighted by Gasteiger charge is -2.31. The van der Waals surface area contributed by atoms with E-state index in [1.807, 2.05) is 19.9 Å². The fraction of sp³-hybridized carbons (Fsp3) is 0.647. The Morgan fingerprint density at radius 2 is 2.07 bits per heavy atom. The number of hydrogen-bond acceptors (Lipinski definition) is 8. The Morgan fingerprint density at radius 1 is 1.34 bits per heavy atom. The maximum Gasteiger partial charge on any atom is 0.300 e. The van der Waals surface area contributed by atoms with E-state index in [4.69, 9.17) is 19.4 Å². The van der Waals surface area contributed by atoms with Gasteiger partial charge in [-0.1, -0.05) is 0 Å². The van der Waals surface area contributed by atoms with Crippen LogP contribution in [0.1, 0.15) is 30.2 Å². The number of carboxylic acids is 1. The summed E-state index contributed by atoms with van der Waals surface area (Å²) in [6.07, 6.45) is -0.366. The van der Waals surface area contributed by atoms with Gasteiger partial charge in [-0.2, -0.15) is 9.90 Å². The molecular formula is C17H27N7O5. The third-order valence-electron chi connectivity index (χ3n) is 4.06. The zero-order valence-corrected chi connectivity index (χ0v) is 17.1. The van der Waals surface area contributed by atoms with Gasteiger partial charge in [-0.05, 0) is 25.1 Å². The number of methoxy groups -OCH3 is 1. The molecule has 12 nitrogen and oxygen atoms in total. The van der Waals surface area contributed by atoms with Crippen LogP contribution < -0.4 is 0 Å². The smallest absolute Gasteiger partial charge is 0.300 e. The number of aromatic nitrogens is 6. The molecule has 1 saturated heterocycles. The summed E-state index contributed by atoms with van der Waals surface area (Å²) in [5.74, 6) is -0.342. The average Bonchev–Trinajstić information content (AvgIpc) is 3.26. The molecule has 2 aromatic rings. The molecule has 3 heterocycles. The Labute approximate surface area is 168 Å². The first-order chi connectivity index (χ1) is 13.8. The van der Waals surface area contributed by atoms with Gasteiger partial charge in [-0.3, -0.25) is 14.3 Å². The third-order valence-corrected chi connectivity index (χ3v) is 4.06. The molecule has 160 valence electrons. The molecule has 2 aromatic heterocycles. The van der Waals surface area contributed by atoms with Crippen LogP contribution in [0.2, 0.25) is 0 Å². The predicted octanol–water partition coefficient (Wildman–Crippen LogP) is -0.176. The number of rotatable bonds is 6. The van der Waals surface area contributed by atoms with Crippen molar-refractivity contribution < 1.29 is 24.2 Å². The molecule has 0 saturated carbocycles. The van der Waals surface area contributed by atoms with Crippen LogP contribution in [0.15, 0.2) is 6.07 Å². The number of aliphatic carboxylic acids is 1. The molecule has 1 aliphatic rings. The lowest BCUT2D eigenvalue weighted by Crippen LogP contribution is -2.44. The van der Waals surface area contributed by atoms with Gasteiger partial charge in [0.15, 0.2) is 0 Å². The summed E-state index contributed by atoms with van der Waals surface area (Å²) >= 11 is 0. The van der Waals surface area contributed by atoms with Crippen LogP contribution in [-0.2, 0) is 32.2 Å². The van der Waals surface area contributed by atoms with Crippen LogP contribution in [0.5, 0.6) is 0 Å². The second kappa shape index (κ2) is 10.6. The second-order valence-electron chi connectivity index (χ2n) is 6.54. The molecule has 1 atom stereocenters. The van der Waals surface area contributed by atoms with Crippen molar-refractivity contribution in [3.8, 4) is 0 Å². The number of hydrogen-bond donors (Lipinski definition) is 1. The first kappa shape index (κ1) is 22.4. The molecular weight excluding hydrogens is 382 g/mol. The van der Waals surface area contributed by atoms with Crippen molar-refractivity contribution in [2.75, 3.05) is 33.4 Å². The van der Waals surface area contributed by atoms with Crippen molar-refractivity contribution in [2.45, 2.75) is 40.0 Å². The van der Waals surface area contributed by atoms with Gasteiger partial charge >= 0.3 is 0 Å². The van der Waals surface area contributed by atoms with Gasteiger partial charge in [0.2, 0.25) is 11.7 Å². The summed E-state index contributed by atoms with van der Waals surface area (Å²) in [5.41, 5.74) is 1.88. The number of nitrogens with zero attached hydrogens (tertiary/aromatic N) is 7. The maximum atomic E-state index is 12.6. The van der Waals surface area contributed by atoms with E-state index in [0.717, 1.165) is 18.3 Å². The Morgan fingerprint density at radius 3 is 2.69 bits per heavy atom. The Hall–Kier alpha value is -2.86. The largest absolute Gasteiger partial charge is 0.481 e. The van der Waals surface area contributed by atoms with Crippen molar-refractivity contribution in [3.05, 3.63) is 23.3 Å². The Kier molecular flexibility index (Phi) is 8.21. The number of amides is 1. The Balaban J connectivity index is 0.000000687. The second-order valence-corrected chi connectivity index (χ2v) is 6.54. The summed E-state index contributed by atoms with van der Waals surface area (Å²) in [6.45, 7) is 7.60. The van der Waals surface area contributed by atoms with E-state index < -0.39 is 5.97 Å². The highest BCUT2D eigenvalue weighted by atomic mass is 16.5. The van der Waals surface area contributed by atoms with E-state index >= 15 is 0 Å². The normalized spacial score (nSPS) is 16.3. The minimum Gasteiger partial charge on any atom is -0.481 e. The summed E-state index contributed by atoms with van der Waals surface area (Å²) in [6, 6.07) is 1.96. The Bertz CT molecular complexity index is 815. The summed E-state index contributed by atoms with van der Waals surface area (Å²) in [4.78, 5) is 24.8. The number of ether oxygens (including phenoxy) is 2. The zero-order valence-electron chi connectivity index (χ0n) is 17.1. The molecule has 29 heavy (non-hydrogen) atoms. The zero-order chi connectivity index (χ0) is 21.4. The quantitative estimate of drug-likeness (QED) is 0.689. The molecule has 12 heteroatoms. The van der Waals surface area contributed by atoms with E-state index in [0.29, 0.717) is 38.7 Å². The maximum absolute atomic E-state index is 12.6. The van der Waals surface area contributed by atoms with Crippen molar-refractivity contribution in [2.24, 2.45) is 0 Å². The summed E-state index contributed by atoms with van der Waals surface area (Å²) in [7, 11) is 1.62. The van der Waals surface area contributed by atoms with Gasteiger partial charge in [-0.25, -0.2) is 0 Å². The van der Waals surface area contributed by atoms with Gasteiger partial charge in [0, 0.05) is 26.3 Å². The predicted molar refractivity (Wildman–Crippen MR) is 100.0 cm³/mol. The molecule has 1 fully saturated rings. The van der Waals surface area contributed by atoms with E-state index in [9.17, 15) is 4.79 Å². The van der Waals surface area contributed by atoms with Crippen molar-refractivity contribution in [1.29, 1.82) is 0 Å². The highest BCUT2D eigenvalue weighted by molar-refractivity contribution is 5.76. The standard InChI is InChI=1S/C15H23N7O3.C2H4O2/c1-11-8-12(2)21(17-11)10-14(23)20-4-7-25-13(9-20)15-16-19-22(18-15)5-6-24-3;1-2(3)4/h8,13H,4-7,9-10H2,1-3H3;1H3,(H,3,4). The fourth-order valence-electron chi connectivity index (χ4n) is 2.75. The summed E-state index contributed by atoms with van der Waals surface area (Å²) in [5, 5.41) is 24.1. The number of tetrazole rings is 1. The molecule has 1 unspecified atom stereocenters. The van der Waals surface area contributed by atoms with Crippen molar-refractivity contribution >= 4 is 11.9 Å². The molecule has 3 rings (SSSR count). The van der Waals surface area contributed by atoms with Crippen LogP contribution >= 0.6 is 0 Å². The molecule has 1 N–H and O–H groups in total. The molecule has 1 aliphatic heterocycles. The van der Waals surface area contributed by atoms with E-state index in [-0.39, 0.29) is 18.6 Å². The minimum atomic E-state index is -0.833. The number of carboxylic acid groups (broad SMARTS) is 1. The van der Waals surface area contributed by atoms with E-state index in [2.05, 4.69) is 20.5 Å². The minimum absolute atomic E-state index is 0.00581. The third kappa shape index (κ3) is 6.91.